The van der Waals surface area contributed by atoms with Gasteiger partial charge in [-0.05, 0) is 84.9 Å². The molecule has 2 aliphatic heterocycles. The van der Waals surface area contributed by atoms with Gasteiger partial charge in [0.05, 0.1) is 18.4 Å². The molecule has 204 valence electrons. The van der Waals surface area contributed by atoms with Gasteiger partial charge in [0.15, 0.2) is 0 Å². The summed E-state index contributed by atoms with van der Waals surface area (Å²) in [4.78, 5) is 17.0. The van der Waals surface area contributed by atoms with Crippen molar-refractivity contribution in [2.45, 2.75) is 63.9 Å². The van der Waals surface area contributed by atoms with Gasteiger partial charge in [0.25, 0.3) is 0 Å². The molecule has 0 saturated heterocycles. The van der Waals surface area contributed by atoms with Crippen molar-refractivity contribution in [2.24, 2.45) is 11.8 Å². The van der Waals surface area contributed by atoms with Crippen LogP contribution in [-0.2, 0) is 17.6 Å². The van der Waals surface area contributed by atoms with Crippen LogP contribution in [0, 0.1) is 11.8 Å². The lowest BCUT2D eigenvalue weighted by atomic mass is 9.70. The normalized spacial score (nSPS) is 27.1. The first kappa shape index (κ1) is 27.1. The van der Waals surface area contributed by atoms with Gasteiger partial charge in [-0.25, -0.2) is 0 Å². The number of carbonyl (C=O) groups excluding carboxylic acids is 1. The molecule has 1 saturated carbocycles. The standard InChI is InChI=1S/C32H41ClN2O3/c1-3-6-23-18-26(33)11-13-27(23)25-20-35-19-24-10-12-28(24)30(36)7-4-5-16-34(2)32(37)15-9-22-8-14-31(38-21-25)29(35)17-22/h4,7-8,11,13-14,17-18,24-25,28,30,36H,3,5-6,9-10,12,15-16,19-21H2,1-2H3/b7-4+. The summed E-state index contributed by atoms with van der Waals surface area (Å²) in [6.45, 7) is 5.24. The molecule has 0 aromatic heterocycles. The quantitative estimate of drug-likeness (QED) is 0.488. The first-order valence-electron chi connectivity index (χ1n) is 14.3. The number of hydrogen-bond acceptors (Lipinski definition) is 4. The SMILES string of the molecule is CCCc1cc(Cl)ccc1C1COc2ccc3cc2N(C1)CC1CCC1C(O)/C=C/CCN(C)C(=O)CC3. The molecule has 0 radical (unpaired) electrons. The highest BCUT2D eigenvalue weighted by Crippen LogP contribution is 2.42. The van der Waals surface area contributed by atoms with Crippen LogP contribution in [-0.4, -0.2) is 55.3 Å². The van der Waals surface area contributed by atoms with E-state index in [1.54, 1.807) is 4.90 Å². The summed E-state index contributed by atoms with van der Waals surface area (Å²) in [5.41, 5.74) is 4.89. The molecule has 4 atom stereocenters. The highest BCUT2D eigenvalue weighted by molar-refractivity contribution is 6.30. The van der Waals surface area contributed by atoms with E-state index in [0.29, 0.717) is 31.9 Å². The number of ether oxygens (including phenoxy) is 1. The van der Waals surface area contributed by atoms with Crippen LogP contribution in [0.5, 0.6) is 5.75 Å². The zero-order chi connectivity index (χ0) is 26.6. The summed E-state index contributed by atoms with van der Waals surface area (Å²) in [6, 6.07) is 12.7. The first-order chi connectivity index (χ1) is 18.4. The lowest BCUT2D eigenvalue weighted by Gasteiger charge is -2.42. The number of nitrogens with zero attached hydrogens (tertiary/aromatic N) is 2. The number of hydrogen-bond donors (Lipinski definition) is 1. The maximum absolute atomic E-state index is 12.7. The van der Waals surface area contributed by atoms with Crippen molar-refractivity contribution in [2.75, 3.05) is 38.2 Å². The third-order valence-corrected chi connectivity index (χ3v) is 8.93. The van der Waals surface area contributed by atoms with Crippen LogP contribution >= 0.6 is 11.6 Å². The molecule has 4 unspecified atom stereocenters. The summed E-state index contributed by atoms with van der Waals surface area (Å²) < 4.78 is 6.47. The molecule has 1 fully saturated rings. The lowest BCUT2D eigenvalue weighted by Crippen LogP contribution is -2.44. The van der Waals surface area contributed by atoms with Gasteiger partial charge in [0, 0.05) is 44.0 Å². The Labute approximate surface area is 232 Å². The van der Waals surface area contributed by atoms with Crippen molar-refractivity contribution in [1.29, 1.82) is 0 Å². The molecule has 2 bridgehead atoms. The second kappa shape index (κ2) is 12.1. The third kappa shape index (κ3) is 6.05. The van der Waals surface area contributed by atoms with Gasteiger partial charge in [0.2, 0.25) is 5.91 Å². The molecular formula is C32H41ClN2O3. The van der Waals surface area contributed by atoms with E-state index in [0.717, 1.165) is 67.2 Å². The Morgan fingerprint density at radius 1 is 1.11 bits per heavy atom. The number of aliphatic hydroxyl groups is 1. The molecule has 38 heavy (non-hydrogen) atoms. The molecule has 1 amide bonds. The third-order valence-electron chi connectivity index (χ3n) is 8.70. The van der Waals surface area contributed by atoms with E-state index in [9.17, 15) is 9.90 Å². The van der Waals surface area contributed by atoms with E-state index in [-0.39, 0.29) is 17.7 Å². The molecule has 1 aliphatic carbocycles. The number of amides is 1. The maximum atomic E-state index is 12.7. The van der Waals surface area contributed by atoms with Crippen LogP contribution in [0.15, 0.2) is 48.6 Å². The predicted octanol–water partition coefficient (Wildman–Crippen LogP) is 6.01. The van der Waals surface area contributed by atoms with Crippen LogP contribution in [0.1, 0.15) is 61.6 Å². The molecular weight excluding hydrogens is 496 g/mol. The summed E-state index contributed by atoms with van der Waals surface area (Å²) in [7, 11) is 1.87. The minimum absolute atomic E-state index is 0.152. The van der Waals surface area contributed by atoms with Gasteiger partial charge in [-0.2, -0.15) is 0 Å². The molecule has 2 aromatic carbocycles. The van der Waals surface area contributed by atoms with E-state index >= 15 is 0 Å². The van der Waals surface area contributed by atoms with Gasteiger partial charge in [-0.3, -0.25) is 4.79 Å². The molecule has 2 aromatic rings. The summed E-state index contributed by atoms with van der Waals surface area (Å²) in [5.74, 6) is 1.97. The molecule has 5 nitrogen and oxygen atoms in total. The van der Waals surface area contributed by atoms with Crippen molar-refractivity contribution in [3.63, 3.8) is 0 Å². The predicted molar refractivity (Wildman–Crippen MR) is 154 cm³/mol. The topological polar surface area (TPSA) is 53.0 Å². The monoisotopic (exact) mass is 536 g/mol. The molecule has 6 heteroatoms. The maximum Gasteiger partial charge on any atom is 0.222 e. The van der Waals surface area contributed by atoms with Crippen molar-refractivity contribution in [1.82, 2.24) is 4.90 Å². The van der Waals surface area contributed by atoms with E-state index < -0.39 is 6.10 Å². The van der Waals surface area contributed by atoms with Crippen molar-refractivity contribution in [3.05, 3.63) is 70.3 Å². The number of aryl methyl sites for hydroxylation is 2. The lowest BCUT2D eigenvalue weighted by molar-refractivity contribution is -0.129. The zero-order valence-electron chi connectivity index (χ0n) is 22.7. The van der Waals surface area contributed by atoms with Gasteiger partial charge in [-0.1, -0.05) is 49.2 Å². The number of fused-ring (bicyclic) bond motifs is 2. The Bertz CT molecular complexity index is 1170. The van der Waals surface area contributed by atoms with Gasteiger partial charge < -0.3 is 19.6 Å². The van der Waals surface area contributed by atoms with E-state index in [1.165, 1.54) is 11.1 Å². The second-order valence-electron chi connectivity index (χ2n) is 11.3. The molecule has 0 spiro atoms. The average Bonchev–Trinajstić information content (AvgIpc) is 3.06. The summed E-state index contributed by atoms with van der Waals surface area (Å²) >= 11 is 6.39. The molecule has 5 rings (SSSR count). The first-order valence-corrected chi connectivity index (χ1v) is 14.7. The van der Waals surface area contributed by atoms with Crippen molar-refractivity contribution >= 4 is 23.2 Å². The Kier molecular flexibility index (Phi) is 8.64. The second-order valence-corrected chi connectivity index (χ2v) is 11.8. The Hall–Kier alpha value is -2.50. The largest absolute Gasteiger partial charge is 0.491 e. The number of anilines is 1. The highest BCUT2D eigenvalue weighted by Gasteiger charge is 2.38. The van der Waals surface area contributed by atoms with Crippen LogP contribution in [0.3, 0.4) is 0 Å². The van der Waals surface area contributed by atoms with E-state index in [4.69, 9.17) is 16.3 Å². The minimum atomic E-state index is -0.445. The molecule has 3 aliphatic rings. The van der Waals surface area contributed by atoms with Gasteiger partial charge in [-0.15, -0.1) is 0 Å². The van der Waals surface area contributed by atoms with Crippen molar-refractivity contribution in [3.8, 4) is 5.75 Å². The number of benzene rings is 2. The Morgan fingerprint density at radius 3 is 2.76 bits per heavy atom. The number of halogens is 1. The number of carbonyl (C=O) groups is 1. The summed E-state index contributed by atoms with van der Waals surface area (Å²) in [6.07, 6.45) is 9.76. The fourth-order valence-electron chi connectivity index (χ4n) is 6.28. The van der Waals surface area contributed by atoms with E-state index in [1.807, 2.05) is 25.3 Å². The zero-order valence-corrected chi connectivity index (χ0v) is 23.5. The fraction of sp³-hybridized carbons (Fsp3) is 0.531. The average molecular weight is 537 g/mol. The van der Waals surface area contributed by atoms with Crippen LogP contribution in [0.4, 0.5) is 5.69 Å². The van der Waals surface area contributed by atoms with Crippen LogP contribution in [0.25, 0.3) is 0 Å². The number of rotatable bonds is 3. The van der Waals surface area contributed by atoms with Crippen molar-refractivity contribution < 1.29 is 14.6 Å². The number of aliphatic hydroxyl groups excluding tert-OH is 1. The van der Waals surface area contributed by atoms with Crippen LogP contribution in [0.2, 0.25) is 5.02 Å². The summed E-state index contributed by atoms with van der Waals surface area (Å²) in [5, 5.41) is 11.8. The van der Waals surface area contributed by atoms with Crippen LogP contribution < -0.4 is 9.64 Å². The van der Waals surface area contributed by atoms with Gasteiger partial charge >= 0.3 is 0 Å². The minimum Gasteiger partial charge on any atom is -0.491 e. The Morgan fingerprint density at radius 2 is 1.97 bits per heavy atom. The fourth-order valence-corrected chi connectivity index (χ4v) is 6.48. The smallest absolute Gasteiger partial charge is 0.222 e. The Balaban J connectivity index is 1.48. The van der Waals surface area contributed by atoms with Gasteiger partial charge in [0.1, 0.15) is 5.75 Å². The van der Waals surface area contributed by atoms with E-state index in [2.05, 4.69) is 42.2 Å². The molecule has 1 N–H and O–H groups in total. The molecule has 2 heterocycles. The highest BCUT2D eigenvalue weighted by atomic mass is 35.5.